The Morgan fingerprint density at radius 2 is 2.05 bits per heavy atom. The zero-order valence-corrected chi connectivity index (χ0v) is 12.0. The summed E-state index contributed by atoms with van der Waals surface area (Å²) in [5.41, 5.74) is 5.74. The van der Waals surface area contributed by atoms with Crippen LogP contribution in [0.25, 0.3) is 0 Å². The molecule has 3 N–H and O–H groups in total. The van der Waals surface area contributed by atoms with E-state index in [0.717, 1.165) is 31.7 Å². The highest BCUT2D eigenvalue weighted by molar-refractivity contribution is 7.86. The van der Waals surface area contributed by atoms with Crippen molar-refractivity contribution in [3.05, 3.63) is 24.0 Å². The Labute approximate surface area is 120 Å². The number of amides is 1. The highest BCUT2D eigenvalue weighted by Gasteiger charge is 2.18. The van der Waals surface area contributed by atoms with Crippen LogP contribution in [0, 0.1) is 5.82 Å². The van der Waals surface area contributed by atoms with Crippen molar-refractivity contribution in [2.24, 2.45) is 0 Å². The van der Waals surface area contributed by atoms with Gasteiger partial charge in [-0.1, -0.05) is 19.3 Å². The lowest BCUT2D eigenvalue weighted by Gasteiger charge is -2.22. The molecule has 4 nitrogen and oxygen atoms in total. The van der Waals surface area contributed by atoms with Crippen LogP contribution in [0.4, 0.5) is 10.1 Å². The van der Waals surface area contributed by atoms with Crippen LogP contribution in [0.2, 0.25) is 0 Å². The third-order valence-corrected chi connectivity index (χ3v) is 4.84. The number of carbonyl (C=O) groups is 1. The predicted molar refractivity (Wildman–Crippen MR) is 77.1 cm³/mol. The molecule has 1 aliphatic carbocycles. The van der Waals surface area contributed by atoms with Crippen molar-refractivity contribution >= 4 is 22.4 Å². The van der Waals surface area contributed by atoms with Crippen molar-refractivity contribution in [3.8, 4) is 0 Å². The summed E-state index contributed by atoms with van der Waals surface area (Å²) >= 11 is 0. The Balaban J connectivity index is 1.91. The highest BCUT2D eigenvalue weighted by Crippen LogP contribution is 2.19. The van der Waals surface area contributed by atoms with Gasteiger partial charge in [0.05, 0.1) is 21.4 Å². The minimum absolute atomic E-state index is 0.119. The van der Waals surface area contributed by atoms with E-state index < -0.39 is 16.6 Å². The average Bonchev–Trinajstić information content (AvgIpc) is 2.39. The Hall–Kier alpha value is -1.43. The fourth-order valence-corrected chi connectivity index (χ4v) is 3.46. The number of hydrogen-bond donors (Lipinski definition) is 2. The van der Waals surface area contributed by atoms with E-state index in [1.54, 1.807) is 0 Å². The van der Waals surface area contributed by atoms with E-state index in [1.165, 1.54) is 18.6 Å². The van der Waals surface area contributed by atoms with Gasteiger partial charge in [-0.05, 0) is 31.0 Å². The molecule has 0 aliphatic heterocycles. The fraction of sp³-hybridized carbons (Fsp3) is 0.500. The summed E-state index contributed by atoms with van der Waals surface area (Å²) in [5, 5.41) is 2.90. The maximum absolute atomic E-state index is 12.9. The first-order chi connectivity index (χ1) is 9.56. The summed E-state index contributed by atoms with van der Waals surface area (Å²) in [7, 11) is -1.54. The number of carbonyl (C=O) groups excluding carboxylic acids is 1. The minimum atomic E-state index is -1.54. The van der Waals surface area contributed by atoms with Gasteiger partial charge in [0.1, 0.15) is 11.6 Å². The van der Waals surface area contributed by atoms with Crippen molar-refractivity contribution in [2.75, 3.05) is 11.5 Å². The molecule has 1 amide bonds. The van der Waals surface area contributed by atoms with Gasteiger partial charge in [-0.15, -0.1) is 0 Å². The van der Waals surface area contributed by atoms with E-state index in [9.17, 15) is 13.4 Å². The molecule has 110 valence electrons. The molecule has 1 saturated carbocycles. The molecular formula is C14H19FN2O2S. The zero-order valence-electron chi connectivity index (χ0n) is 11.2. The van der Waals surface area contributed by atoms with Crippen molar-refractivity contribution in [3.63, 3.8) is 0 Å². The predicted octanol–water partition coefficient (Wildman–Crippen LogP) is 1.96. The fourth-order valence-electron chi connectivity index (χ4n) is 2.44. The van der Waals surface area contributed by atoms with Gasteiger partial charge >= 0.3 is 0 Å². The highest BCUT2D eigenvalue weighted by atomic mass is 32.2. The zero-order chi connectivity index (χ0) is 14.5. The van der Waals surface area contributed by atoms with Crippen LogP contribution < -0.4 is 11.1 Å². The van der Waals surface area contributed by atoms with Gasteiger partial charge in [-0.25, -0.2) is 4.39 Å². The van der Waals surface area contributed by atoms with Gasteiger partial charge in [0.25, 0.3) is 0 Å². The monoisotopic (exact) mass is 298 g/mol. The van der Waals surface area contributed by atoms with Crippen molar-refractivity contribution in [1.29, 1.82) is 0 Å². The van der Waals surface area contributed by atoms with E-state index in [-0.39, 0.29) is 23.4 Å². The Bertz CT molecular complexity index is 516. The number of anilines is 1. The topological polar surface area (TPSA) is 72.2 Å². The molecule has 0 heterocycles. The molecule has 2 rings (SSSR count). The van der Waals surface area contributed by atoms with Crippen molar-refractivity contribution in [2.45, 2.75) is 43.0 Å². The lowest BCUT2D eigenvalue weighted by molar-refractivity contribution is -0.119. The number of halogens is 1. The molecule has 20 heavy (non-hydrogen) atoms. The van der Waals surface area contributed by atoms with Gasteiger partial charge in [0, 0.05) is 6.04 Å². The van der Waals surface area contributed by atoms with Crippen LogP contribution in [0.15, 0.2) is 23.1 Å². The summed E-state index contributed by atoms with van der Waals surface area (Å²) in [5.74, 6) is -0.847. The van der Waals surface area contributed by atoms with Crippen molar-refractivity contribution in [1.82, 2.24) is 5.32 Å². The molecule has 6 heteroatoms. The maximum Gasteiger partial charge on any atom is 0.233 e. The molecule has 0 saturated heterocycles. The van der Waals surface area contributed by atoms with Crippen molar-refractivity contribution < 1.29 is 13.4 Å². The third-order valence-electron chi connectivity index (χ3n) is 3.45. The molecule has 1 unspecified atom stereocenters. The lowest BCUT2D eigenvalue weighted by atomic mass is 9.95. The van der Waals surface area contributed by atoms with E-state index in [2.05, 4.69) is 5.32 Å². The molecule has 1 fully saturated rings. The first-order valence-electron chi connectivity index (χ1n) is 6.79. The van der Waals surface area contributed by atoms with Crippen LogP contribution in [0.5, 0.6) is 0 Å². The summed E-state index contributed by atoms with van der Waals surface area (Å²) in [6, 6.07) is 3.88. The summed E-state index contributed by atoms with van der Waals surface area (Å²) in [6.07, 6.45) is 5.43. The quantitative estimate of drug-likeness (QED) is 0.835. The molecule has 1 aliphatic rings. The smallest absolute Gasteiger partial charge is 0.233 e. The first-order valence-corrected chi connectivity index (χ1v) is 8.11. The normalized spacial score (nSPS) is 17.6. The molecule has 1 atom stereocenters. The maximum atomic E-state index is 12.9. The van der Waals surface area contributed by atoms with Crippen LogP contribution >= 0.6 is 0 Å². The van der Waals surface area contributed by atoms with Gasteiger partial charge in [0.15, 0.2) is 0 Å². The van der Waals surface area contributed by atoms with Crippen LogP contribution in [-0.2, 0) is 15.6 Å². The van der Waals surface area contributed by atoms with E-state index in [4.69, 9.17) is 5.73 Å². The molecule has 1 aromatic rings. The summed E-state index contributed by atoms with van der Waals surface area (Å²) < 4.78 is 25.0. The SMILES string of the molecule is Nc1cc(F)ccc1S(=O)CC(=O)NC1CCCCC1. The number of benzene rings is 1. The number of nitrogen functional groups attached to an aromatic ring is 1. The average molecular weight is 298 g/mol. The second kappa shape index (κ2) is 6.83. The van der Waals surface area contributed by atoms with Gasteiger partial charge in [-0.3, -0.25) is 9.00 Å². The van der Waals surface area contributed by atoms with Gasteiger partial charge < -0.3 is 11.1 Å². The standard InChI is InChI=1S/C14H19FN2O2S/c15-10-6-7-13(12(16)8-10)20(19)9-14(18)17-11-4-2-1-3-5-11/h6-8,11H,1-5,9,16H2,(H,17,18). The van der Waals surface area contributed by atoms with Crippen LogP contribution in [0.3, 0.4) is 0 Å². The van der Waals surface area contributed by atoms with E-state index >= 15 is 0 Å². The van der Waals surface area contributed by atoms with Crippen LogP contribution in [0.1, 0.15) is 32.1 Å². The molecule has 0 aromatic heterocycles. The Kier molecular flexibility index (Phi) is 5.11. The van der Waals surface area contributed by atoms with E-state index in [1.807, 2.05) is 0 Å². The minimum Gasteiger partial charge on any atom is -0.398 e. The third kappa shape index (κ3) is 4.03. The first kappa shape index (κ1) is 15.0. The van der Waals surface area contributed by atoms with Crippen LogP contribution in [-0.4, -0.2) is 21.9 Å². The van der Waals surface area contributed by atoms with Gasteiger partial charge in [0.2, 0.25) is 5.91 Å². The summed E-state index contributed by atoms with van der Waals surface area (Å²) in [4.78, 5) is 12.2. The lowest BCUT2D eigenvalue weighted by Crippen LogP contribution is -2.38. The number of hydrogen-bond acceptors (Lipinski definition) is 3. The second-order valence-electron chi connectivity index (χ2n) is 5.07. The number of nitrogens with two attached hydrogens (primary N) is 1. The second-order valence-corrected chi connectivity index (χ2v) is 6.49. The summed E-state index contributed by atoms with van der Waals surface area (Å²) in [6.45, 7) is 0. The molecule has 1 aromatic carbocycles. The Morgan fingerprint density at radius 3 is 2.70 bits per heavy atom. The molecule has 0 bridgehead atoms. The Morgan fingerprint density at radius 1 is 1.35 bits per heavy atom. The van der Waals surface area contributed by atoms with E-state index in [0.29, 0.717) is 4.90 Å². The number of rotatable bonds is 4. The molecule has 0 radical (unpaired) electrons. The molecular weight excluding hydrogens is 279 g/mol. The largest absolute Gasteiger partial charge is 0.398 e. The van der Waals surface area contributed by atoms with Gasteiger partial charge in [-0.2, -0.15) is 0 Å². The molecule has 0 spiro atoms. The number of nitrogens with one attached hydrogen (secondary N) is 1.